The minimum absolute atomic E-state index is 0.222. The van der Waals surface area contributed by atoms with E-state index in [9.17, 15) is 5.11 Å². The molecular formula is C25H26BN5OS. The van der Waals surface area contributed by atoms with Crippen LogP contribution in [0.4, 0.5) is 5.82 Å². The Bertz CT molecular complexity index is 1410. The monoisotopic (exact) mass is 455 g/mol. The number of anilines is 1. The molecule has 2 aromatic carbocycles. The van der Waals surface area contributed by atoms with Gasteiger partial charge in [0.2, 0.25) is 0 Å². The zero-order valence-electron chi connectivity index (χ0n) is 18.8. The third kappa shape index (κ3) is 4.44. The number of phenolic OH excluding ortho intramolecular Hbond substituents is 1. The molecule has 3 aromatic heterocycles. The van der Waals surface area contributed by atoms with Crippen LogP contribution in [0.3, 0.4) is 0 Å². The molecule has 0 aliphatic rings. The highest BCUT2D eigenvalue weighted by Crippen LogP contribution is 2.29. The van der Waals surface area contributed by atoms with Gasteiger partial charge in [0.05, 0.1) is 5.69 Å². The lowest BCUT2D eigenvalue weighted by molar-refractivity contribution is 0.327. The first-order valence-electron chi connectivity index (χ1n) is 11.1. The maximum atomic E-state index is 10.3. The van der Waals surface area contributed by atoms with Gasteiger partial charge >= 0.3 is 0 Å². The molecule has 0 amide bonds. The van der Waals surface area contributed by atoms with E-state index in [-0.39, 0.29) is 5.75 Å². The van der Waals surface area contributed by atoms with Gasteiger partial charge in [0.25, 0.3) is 0 Å². The molecule has 0 bridgehead atoms. The molecule has 33 heavy (non-hydrogen) atoms. The number of thiophene rings is 1. The summed E-state index contributed by atoms with van der Waals surface area (Å²) in [6.45, 7) is 2.74. The van der Waals surface area contributed by atoms with E-state index in [1.165, 1.54) is 15.6 Å². The van der Waals surface area contributed by atoms with Gasteiger partial charge in [-0.15, -0.1) is 11.3 Å². The predicted octanol–water partition coefficient (Wildman–Crippen LogP) is 3.51. The first-order valence-corrected chi connectivity index (χ1v) is 12.0. The number of aromatic hydroxyl groups is 1. The number of rotatable bonds is 8. The second-order valence-electron chi connectivity index (χ2n) is 8.38. The largest absolute Gasteiger partial charge is 0.507 e. The summed E-state index contributed by atoms with van der Waals surface area (Å²) >= 11 is 1.81. The maximum Gasteiger partial charge on any atom is 0.151 e. The molecule has 0 radical (unpaired) electrons. The van der Waals surface area contributed by atoms with Gasteiger partial charge in [-0.1, -0.05) is 30.3 Å². The Labute approximate surface area is 197 Å². The molecule has 0 aliphatic heterocycles. The zero-order valence-corrected chi connectivity index (χ0v) is 19.6. The van der Waals surface area contributed by atoms with Crippen molar-refractivity contribution in [2.24, 2.45) is 0 Å². The normalized spacial score (nSPS) is 11.6. The SMILES string of the molecule is Bc1cnn2c(NCCCN(C)Cc3csc4ccccc34)cc(-c3ccccc3O)nc12. The van der Waals surface area contributed by atoms with Crippen LogP contribution in [-0.2, 0) is 6.54 Å². The van der Waals surface area contributed by atoms with Gasteiger partial charge in [0, 0.05) is 35.6 Å². The van der Waals surface area contributed by atoms with E-state index in [1.54, 1.807) is 6.07 Å². The number of nitrogens with zero attached hydrogens (tertiary/aromatic N) is 4. The van der Waals surface area contributed by atoms with Crippen molar-refractivity contribution in [2.75, 3.05) is 25.5 Å². The molecule has 0 unspecified atom stereocenters. The average Bonchev–Trinajstić information content (AvgIpc) is 3.41. The maximum absolute atomic E-state index is 10.3. The number of benzene rings is 2. The number of hydrogen-bond donors (Lipinski definition) is 2. The number of para-hydroxylation sites is 1. The lowest BCUT2D eigenvalue weighted by Gasteiger charge is -2.17. The number of nitrogens with one attached hydrogen (secondary N) is 1. The number of fused-ring (bicyclic) bond motifs is 2. The van der Waals surface area contributed by atoms with E-state index in [2.05, 4.69) is 52.0 Å². The van der Waals surface area contributed by atoms with E-state index in [4.69, 9.17) is 4.98 Å². The van der Waals surface area contributed by atoms with Crippen molar-refractivity contribution in [1.82, 2.24) is 19.5 Å². The molecule has 5 aromatic rings. The van der Waals surface area contributed by atoms with Gasteiger partial charge in [-0.3, -0.25) is 0 Å². The first-order chi connectivity index (χ1) is 16.1. The summed E-state index contributed by atoms with van der Waals surface area (Å²) in [7, 11) is 4.17. The minimum atomic E-state index is 0.222. The molecule has 166 valence electrons. The van der Waals surface area contributed by atoms with Crippen molar-refractivity contribution in [1.29, 1.82) is 0 Å². The lowest BCUT2D eigenvalue weighted by atomic mass is 10.0. The van der Waals surface area contributed by atoms with Gasteiger partial charge in [0.1, 0.15) is 19.4 Å². The molecular weight excluding hydrogens is 429 g/mol. The van der Waals surface area contributed by atoms with Crippen molar-refractivity contribution in [3.05, 3.63) is 71.7 Å². The molecule has 0 atom stereocenters. The smallest absolute Gasteiger partial charge is 0.151 e. The predicted molar refractivity (Wildman–Crippen MR) is 140 cm³/mol. The third-order valence-corrected chi connectivity index (χ3v) is 6.86. The fourth-order valence-electron chi connectivity index (χ4n) is 4.12. The molecule has 6 nitrogen and oxygen atoms in total. The van der Waals surface area contributed by atoms with Crippen LogP contribution in [0.1, 0.15) is 12.0 Å². The van der Waals surface area contributed by atoms with Crippen LogP contribution in [-0.4, -0.2) is 52.6 Å². The Morgan fingerprint density at radius 3 is 2.85 bits per heavy atom. The summed E-state index contributed by atoms with van der Waals surface area (Å²) in [6.07, 6.45) is 2.82. The van der Waals surface area contributed by atoms with Gasteiger partial charge in [-0.2, -0.15) is 9.61 Å². The topological polar surface area (TPSA) is 65.7 Å². The van der Waals surface area contributed by atoms with Crippen LogP contribution >= 0.6 is 11.3 Å². The van der Waals surface area contributed by atoms with Crippen molar-refractivity contribution in [2.45, 2.75) is 13.0 Å². The van der Waals surface area contributed by atoms with Gasteiger partial charge in [-0.25, -0.2) is 4.98 Å². The molecule has 0 spiro atoms. The van der Waals surface area contributed by atoms with Gasteiger partial charge in [-0.05, 0) is 60.0 Å². The highest BCUT2D eigenvalue weighted by atomic mass is 32.1. The standard InChI is InChI=1S/C25H26BN5OS/c1-30(15-17-16-33-23-10-5-3-7-18(17)23)12-6-11-27-24-13-21(19-8-2-4-9-22(19)32)29-25-20(26)14-28-31(24)25/h2-5,7-10,13-14,16,27,32H,6,11-12,15,26H2,1H3. The summed E-state index contributed by atoms with van der Waals surface area (Å²) in [5, 5.41) is 22.0. The second kappa shape index (κ2) is 9.25. The summed E-state index contributed by atoms with van der Waals surface area (Å²) in [5.74, 6) is 1.10. The van der Waals surface area contributed by atoms with Crippen LogP contribution in [0.2, 0.25) is 0 Å². The van der Waals surface area contributed by atoms with E-state index >= 15 is 0 Å². The number of hydrogen-bond acceptors (Lipinski definition) is 6. The molecule has 5 rings (SSSR count). The van der Waals surface area contributed by atoms with E-state index < -0.39 is 0 Å². The summed E-state index contributed by atoms with van der Waals surface area (Å²) in [6, 6.07) is 17.8. The molecule has 0 fully saturated rings. The minimum Gasteiger partial charge on any atom is -0.507 e. The molecule has 3 heterocycles. The molecule has 0 aliphatic carbocycles. The van der Waals surface area contributed by atoms with Crippen LogP contribution in [0.25, 0.3) is 27.0 Å². The Hall–Kier alpha value is -3.36. The molecule has 0 saturated heterocycles. The highest BCUT2D eigenvalue weighted by Gasteiger charge is 2.13. The van der Waals surface area contributed by atoms with Crippen LogP contribution in [0.15, 0.2) is 66.2 Å². The Morgan fingerprint density at radius 1 is 1.15 bits per heavy atom. The van der Waals surface area contributed by atoms with Crippen molar-refractivity contribution < 1.29 is 5.11 Å². The fourth-order valence-corrected chi connectivity index (χ4v) is 5.07. The Kier molecular flexibility index (Phi) is 6.02. The van der Waals surface area contributed by atoms with E-state index in [0.717, 1.165) is 48.7 Å². The fraction of sp³-hybridized carbons (Fsp3) is 0.200. The summed E-state index contributed by atoms with van der Waals surface area (Å²) in [5.41, 5.74) is 4.62. The number of aromatic nitrogens is 3. The van der Waals surface area contributed by atoms with Crippen LogP contribution < -0.4 is 10.8 Å². The Balaban J connectivity index is 1.26. The van der Waals surface area contributed by atoms with E-state index in [1.807, 2.05) is 54.2 Å². The van der Waals surface area contributed by atoms with E-state index in [0.29, 0.717) is 5.56 Å². The van der Waals surface area contributed by atoms with Crippen molar-refractivity contribution >= 4 is 46.2 Å². The highest BCUT2D eigenvalue weighted by molar-refractivity contribution is 7.17. The van der Waals surface area contributed by atoms with Crippen molar-refractivity contribution in [3.8, 4) is 17.0 Å². The zero-order chi connectivity index (χ0) is 22.8. The third-order valence-electron chi connectivity index (χ3n) is 5.85. The number of phenols is 1. The van der Waals surface area contributed by atoms with Crippen molar-refractivity contribution in [3.63, 3.8) is 0 Å². The molecule has 8 heteroatoms. The van der Waals surface area contributed by atoms with Gasteiger partial charge in [0.15, 0.2) is 5.65 Å². The first kappa shape index (κ1) is 21.5. The molecule has 0 saturated carbocycles. The van der Waals surface area contributed by atoms with Gasteiger partial charge < -0.3 is 15.3 Å². The summed E-state index contributed by atoms with van der Waals surface area (Å²) in [4.78, 5) is 7.11. The second-order valence-corrected chi connectivity index (χ2v) is 9.29. The lowest BCUT2D eigenvalue weighted by Crippen LogP contribution is -2.21. The van der Waals surface area contributed by atoms with Crippen LogP contribution in [0, 0.1) is 0 Å². The Morgan fingerprint density at radius 2 is 1.97 bits per heavy atom. The quantitative estimate of drug-likeness (QED) is 0.277. The average molecular weight is 455 g/mol. The van der Waals surface area contributed by atoms with Crippen LogP contribution in [0.5, 0.6) is 5.75 Å². The molecule has 2 N–H and O–H groups in total. The summed E-state index contributed by atoms with van der Waals surface area (Å²) < 4.78 is 3.18.